The number of carbonyl (C=O) groups is 1. The third kappa shape index (κ3) is 2.52. The molecule has 0 aromatic carbocycles. The summed E-state index contributed by atoms with van der Waals surface area (Å²) in [7, 11) is 0. The van der Waals surface area contributed by atoms with Gasteiger partial charge >= 0.3 is 0 Å². The largest absolute Gasteiger partial charge is 0.336 e. The Balaban J connectivity index is 1.68. The van der Waals surface area contributed by atoms with Crippen molar-refractivity contribution in [2.75, 3.05) is 19.6 Å². The Morgan fingerprint density at radius 1 is 1.42 bits per heavy atom. The van der Waals surface area contributed by atoms with Crippen molar-refractivity contribution in [3.8, 4) is 0 Å². The zero-order valence-electron chi connectivity index (χ0n) is 13.3. The lowest BCUT2D eigenvalue weighted by molar-refractivity contribution is 0.0634. The summed E-state index contributed by atoms with van der Waals surface area (Å²) < 4.78 is 5.12. The van der Waals surface area contributed by atoms with E-state index in [9.17, 15) is 4.79 Å². The molecule has 7 heteroatoms. The molecule has 1 fully saturated rings. The first-order valence-corrected chi connectivity index (χ1v) is 7.87. The number of hydrogen-bond acceptors (Lipinski definition) is 6. The van der Waals surface area contributed by atoms with Gasteiger partial charge in [-0.05, 0) is 24.6 Å². The molecule has 3 aromatic heterocycles. The van der Waals surface area contributed by atoms with E-state index in [4.69, 9.17) is 4.52 Å². The third-order valence-electron chi connectivity index (χ3n) is 4.33. The van der Waals surface area contributed by atoms with Crippen LogP contribution in [-0.4, -0.2) is 45.6 Å². The van der Waals surface area contributed by atoms with E-state index in [0.717, 1.165) is 23.2 Å². The molecular weight excluding hydrogens is 306 g/mol. The van der Waals surface area contributed by atoms with E-state index < -0.39 is 0 Å². The minimum atomic E-state index is -0.0424. The number of amides is 1. The molecule has 24 heavy (non-hydrogen) atoms. The number of aryl methyl sites for hydroxylation is 1. The topological polar surface area (TPSA) is 84.2 Å². The molecule has 1 N–H and O–H groups in total. The SMILES string of the molecule is Cc1noc2ncc(C(=O)N3CCNCC3c3cccnc3)cc12. The minimum Gasteiger partial charge on any atom is -0.336 e. The molecule has 1 aliphatic heterocycles. The normalized spacial score (nSPS) is 18.0. The molecule has 1 atom stereocenters. The van der Waals surface area contributed by atoms with Crippen molar-refractivity contribution < 1.29 is 9.32 Å². The van der Waals surface area contributed by atoms with Gasteiger partial charge in [0.2, 0.25) is 0 Å². The number of nitrogens with zero attached hydrogens (tertiary/aromatic N) is 4. The zero-order valence-corrected chi connectivity index (χ0v) is 13.3. The number of hydrogen-bond donors (Lipinski definition) is 1. The van der Waals surface area contributed by atoms with E-state index in [1.165, 1.54) is 0 Å². The summed E-state index contributed by atoms with van der Waals surface area (Å²) in [5, 5.41) is 8.00. The van der Waals surface area contributed by atoms with E-state index in [2.05, 4.69) is 20.4 Å². The van der Waals surface area contributed by atoms with Crippen LogP contribution in [0.4, 0.5) is 0 Å². The first kappa shape index (κ1) is 14.8. The van der Waals surface area contributed by atoms with Crippen molar-refractivity contribution in [1.82, 2.24) is 25.3 Å². The van der Waals surface area contributed by atoms with Gasteiger partial charge in [0.05, 0.1) is 22.7 Å². The summed E-state index contributed by atoms with van der Waals surface area (Å²) in [6.45, 7) is 3.95. The highest BCUT2D eigenvalue weighted by Crippen LogP contribution is 2.25. The van der Waals surface area contributed by atoms with Gasteiger partial charge in [-0.1, -0.05) is 11.2 Å². The smallest absolute Gasteiger partial charge is 0.257 e. The minimum absolute atomic E-state index is 0.0413. The first-order chi connectivity index (χ1) is 11.7. The van der Waals surface area contributed by atoms with Crippen molar-refractivity contribution >= 4 is 17.0 Å². The highest BCUT2D eigenvalue weighted by Gasteiger charge is 2.29. The predicted molar refractivity (Wildman–Crippen MR) is 87.4 cm³/mol. The second kappa shape index (κ2) is 6.01. The first-order valence-electron chi connectivity index (χ1n) is 7.87. The molecule has 3 aromatic rings. The summed E-state index contributed by atoms with van der Waals surface area (Å²) >= 11 is 0. The van der Waals surface area contributed by atoms with Crippen LogP contribution in [0.1, 0.15) is 27.7 Å². The van der Waals surface area contributed by atoms with Crippen molar-refractivity contribution in [3.05, 3.63) is 53.6 Å². The molecule has 1 unspecified atom stereocenters. The van der Waals surface area contributed by atoms with Gasteiger partial charge in [0.25, 0.3) is 11.6 Å². The lowest BCUT2D eigenvalue weighted by atomic mass is 10.0. The Morgan fingerprint density at radius 2 is 2.33 bits per heavy atom. The average molecular weight is 323 g/mol. The molecule has 1 aliphatic rings. The van der Waals surface area contributed by atoms with Gasteiger partial charge < -0.3 is 14.7 Å². The summed E-state index contributed by atoms with van der Waals surface area (Å²) in [4.78, 5) is 23.3. The molecule has 1 saturated heterocycles. The van der Waals surface area contributed by atoms with E-state index >= 15 is 0 Å². The molecule has 0 radical (unpaired) electrons. The van der Waals surface area contributed by atoms with Crippen LogP contribution in [0.5, 0.6) is 0 Å². The quantitative estimate of drug-likeness (QED) is 0.773. The Kier molecular flexibility index (Phi) is 3.70. The van der Waals surface area contributed by atoms with Crippen LogP contribution in [0.3, 0.4) is 0 Å². The van der Waals surface area contributed by atoms with E-state index in [1.54, 1.807) is 18.5 Å². The highest BCUT2D eigenvalue weighted by molar-refractivity contribution is 5.97. The summed E-state index contributed by atoms with van der Waals surface area (Å²) in [6.07, 6.45) is 5.10. The van der Waals surface area contributed by atoms with Gasteiger partial charge in [0.15, 0.2) is 0 Å². The number of pyridine rings is 2. The maximum absolute atomic E-state index is 13.0. The number of rotatable bonds is 2. The molecular formula is C17H17N5O2. The van der Waals surface area contributed by atoms with Crippen LogP contribution < -0.4 is 5.32 Å². The third-order valence-corrected chi connectivity index (χ3v) is 4.33. The molecule has 0 bridgehead atoms. The van der Waals surface area contributed by atoms with Crippen LogP contribution in [0.25, 0.3) is 11.1 Å². The van der Waals surface area contributed by atoms with Gasteiger partial charge in [-0.3, -0.25) is 9.78 Å². The number of nitrogens with one attached hydrogen (secondary N) is 1. The number of aromatic nitrogens is 3. The number of carbonyl (C=O) groups excluding carboxylic acids is 1. The molecule has 0 saturated carbocycles. The number of piperazine rings is 1. The van der Waals surface area contributed by atoms with Crippen molar-refractivity contribution in [2.24, 2.45) is 0 Å². The van der Waals surface area contributed by atoms with Gasteiger partial charge in [0.1, 0.15) is 0 Å². The molecule has 7 nitrogen and oxygen atoms in total. The van der Waals surface area contributed by atoms with Crippen molar-refractivity contribution in [1.29, 1.82) is 0 Å². The van der Waals surface area contributed by atoms with E-state index in [1.807, 2.05) is 30.2 Å². The number of fused-ring (bicyclic) bond motifs is 1. The van der Waals surface area contributed by atoms with Crippen LogP contribution in [-0.2, 0) is 0 Å². The van der Waals surface area contributed by atoms with Gasteiger partial charge in [-0.2, -0.15) is 0 Å². The van der Waals surface area contributed by atoms with Gasteiger partial charge in [-0.15, -0.1) is 0 Å². The predicted octanol–water partition coefficient (Wildman–Crippen LogP) is 1.71. The van der Waals surface area contributed by atoms with Crippen LogP contribution >= 0.6 is 0 Å². The standard InChI is InChI=1S/C17H17N5O2/c1-11-14-7-13(9-20-16(14)24-21-11)17(23)22-6-5-19-10-15(22)12-3-2-4-18-8-12/h2-4,7-9,15,19H,5-6,10H2,1H3. The van der Waals surface area contributed by atoms with Crippen molar-refractivity contribution in [2.45, 2.75) is 13.0 Å². The fraction of sp³-hybridized carbons (Fsp3) is 0.294. The Hall–Kier alpha value is -2.80. The van der Waals surface area contributed by atoms with Crippen LogP contribution in [0.2, 0.25) is 0 Å². The highest BCUT2D eigenvalue weighted by atomic mass is 16.5. The molecule has 4 heterocycles. The lowest BCUT2D eigenvalue weighted by Crippen LogP contribution is -2.48. The van der Waals surface area contributed by atoms with E-state index in [0.29, 0.717) is 24.4 Å². The average Bonchev–Trinajstić information content (AvgIpc) is 3.02. The zero-order chi connectivity index (χ0) is 16.5. The monoisotopic (exact) mass is 323 g/mol. The summed E-state index contributed by atoms with van der Waals surface area (Å²) in [6, 6.07) is 5.65. The summed E-state index contributed by atoms with van der Waals surface area (Å²) in [5.74, 6) is -0.0413. The Bertz CT molecular complexity index is 877. The molecule has 1 amide bonds. The van der Waals surface area contributed by atoms with Gasteiger partial charge in [-0.25, -0.2) is 4.98 Å². The van der Waals surface area contributed by atoms with Gasteiger partial charge in [0, 0.05) is 38.2 Å². The molecule has 122 valence electrons. The molecule has 4 rings (SSSR count). The molecule has 0 spiro atoms. The van der Waals surface area contributed by atoms with Crippen molar-refractivity contribution in [3.63, 3.8) is 0 Å². The fourth-order valence-corrected chi connectivity index (χ4v) is 3.05. The van der Waals surface area contributed by atoms with Crippen LogP contribution in [0, 0.1) is 6.92 Å². The second-order valence-corrected chi connectivity index (χ2v) is 5.85. The van der Waals surface area contributed by atoms with E-state index in [-0.39, 0.29) is 11.9 Å². The summed E-state index contributed by atoms with van der Waals surface area (Å²) in [5.41, 5.74) is 2.75. The fourth-order valence-electron chi connectivity index (χ4n) is 3.05. The second-order valence-electron chi connectivity index (χ2n) is 5.85. The Labute approximate surface area is 138 Å². The maximum Gasteiger partial charge on any atom is 0.257 e. The van der Waals surface area contributed by atoms with Crippen LogP contribution in [0.15, 0.2) is 41.3 Å². The molecule has 0 aliphatic carbocycles. The maximum atomic E-state index is 13.0. The lowest BCUT2D eigenvalue weighted by Gasteiger charge is -2.36. The Morgan fingerprint density at radius 3 is 3.17 bits per heavy atom.